The molecule has 0 aliphatic rings. The summed E-state index contributed by atoms with van der Waals surface area (Å²) < 4.78 is 14.6. The molecule has 0 aliphatic heterocycles. The Morgan fingerprint density at radius 2 is 1.85 bits per heavy atom. The monoisotopic (exact) mass is 366 g/mol. The molecule has 0 unspecified atom stereocenters. The molecule has 0 saturated carbocycles. The Kier molecular flexibility index (Phi) is 5.61. The second kappa shape index (κ2) is 8.27. The number of carbonyl (C=O) groups excluding carboxylic acids is 1. The van der Waals surface area contributed by atoms with Crippen LogP contribution in [0.5, 0.6) is 0 Å². The fraction of sp³-hybridized carbons (Fsp3) is 0.150. The molecule has 0 fully saturated rings. The third kappa shape index (κ3) is 5.01. The molecule has 27 heavy (non-hydrogen) atoms. The van der Waals surface area contributed by atoms with Crippen LogP contribution in [0.3, 0.4) is 0 Å². The van der Waals surface area contributed by atoms with Gasteiger partial charge in [0.25, 0.3) is 5.56 Å². The van der Waals surface area contributed by atoms with Gasteiger partial charge in [-0.05, 0) is 42.0 Å². The van der Waals surface area contributed by atoms with E-state index in [1.54, 1.807) is 43.3 Å². The zero-order chi connectivity index (χ0) is 19.2. The largest absolute Gasteiger partial charge is 0.339 e. The highest BCUT2D eigenvalue weighted by Crippen LogP contribution is 2.15. The predicted molar refractivity (Wildman–Crippen MR) is 103 cm³/mol. The highest BCUT2D eigenvalue weighted by Gasteiger charge is 2.05. The van der Waals surface area contributed by atoms with Gasteiger partial charge in [0.15, 0.2) is 5.82 Å². The van der Waals surface area contributed by atoms with Gasteiger partial charge < -0.3 is 10.6 Å². The molecule has 0 spiro atoms. The summed E-state index contributed by atoms with van der Waals surface area (Å²) in [5.41, 5.74) is 1.77. The minimum Gasteiger partial charge on any atom is -0.339 e. The van der Waals surface area contributed by atoms with E-state index in [-0.39, 0.29) is 23.8 Å². The van der Waals surface area contributed by atoms with E-state index in [2.05, 4.69) is 15.7 Å². The van der Waals surface area contributed by atoms with Crippen molar-refractivity contribution in [2.24, 2.45) is 0 Å². The van der Waals surface area contributed by atoms with Crippen LogP contribution in [-0.2, 0) is 11.3 Å². The number of hydrogen-bond acceptors (Lipinski definition) is 4. The third-order valence-corrected chi connectivity index (χ3v) is 3.83. The lowest BCUT2D eigenvalue weighted by Crippen LogP contribution is -2.23. The Morgan fingerprint density at radius 3 is 2.63 bits per heavy atom. The number of amides is 1. The Bertz CT molecular complexity index is 1020. The smallest absolute Gasteiger partial charge is 0.267 e. The molecule has 0 saturated heterocycles. The summed E-state index contributed by atoms with van der Waals surface area (Å²) in [5, 5.41) is 10.0. The van der Waals surface area contributed by atoms with E-state index >= 15 is 0 Å². The minimum absolute atomic E-state index is 0.0799. The molecule has 3 aromatic rings. The van der Waals surface area contributed by atoms with Gasteiger partial charge in [0, 0.05) is 23.9 Å². The number of benzene rings is 2. The second-order valence-corrected chi connectivity index (χ2v) is 5.95. The van der Waals surface area contributed by atoms with Crippen LogP contribution in [0.2, 0.25) is 0 Å². The molecule has 138 valence electrons. The van der Waals surface area contributed by atoms with Crippen molar-refractivity contribution in [3.05, 3.63) is 82.4 Å². The first-order valence-corrected chi connectivity index (χ1v) is 8.53. The summed E-state index contributed by atoms with van der Waals surface area (Å²) in [5.74, 6) is -0.0152. The molecule has 6 nitrogen and oxygen atoms in total. The Balaban J connectivity index is 1.80. The van der Waals surface area contributed by atoms with E-state index in [9.17, 15) is 14.0 Å². The topological polar surface area (TPSA) is 76.0 Å². The minimum atomic E-state index is -0.362. The normalized spacial score (nSPS) is 10.4. The fourth-order valence-electron chi connectivity index (χ4n) is 2.51. The summed E-state index contributed by atoms with van der Waals surface area (Å²) in [6, 6.07) is 16.2. The molecule has 2 N–H and O–H groups in total. The van der Waals surface area contributed by atoms with Crippen LogP contribution in [0, 0.1) is 5.82 Å². The zero-order valence-electron chi connectivity index (χ0n) is 14.8. The van der Waals surface area contributed by atoms with Crippen LogP contribution < -0.4 is 16.2 Å². The molecule has 1 aromatic heterocycles. The van der Waals surface area contributed by atoms with Gasteiger partial charge in [-0.1, -0.05) is 25.1 Å². The maximum Gasteiger partial charge on any atom is 0.267 e. The van der Waals surface area contributed by atoms with Crippen molar-refractivity contribution in [1.82, 2.24) is 9.78 Å². The summed E-state index contributed by atoms with van der Waals surface area (Å²) >= 11 is 0. The summed E-state index contributed by atoms with van der Waals surface area (Å²) in [7, 11) is 0. The van der Waals surface area contributed by atoms with Crippen LogP contribution in [-0.4, -0.2) is 15.7 Å². The Labute approximate surface area is 155 Å². The van der Waals surface area contributed by atoms with E-state index in [0.717, 1.165) is 5.56 Å². The number of carbonyl (C=O) groups is 1. The molecule has 0 aliphatic carbocycles. The maximum absolute atomic E-state index is 13.3. The van der Waals surface area contributed by atoms with Gasteiger partial charge in [-0.15, -0.1) is 0 Å². The summed E-state index contributed by atoms with van der Waals surface area (Å²) in [4.78, 5) is 23.7. The van der Waals surface area contributed by atoms with Crippen LogP contribution in [0.1, 0.15) is 18.9 Å². The molecule has 7 heteroatoms. The Hall–Kier alpha value is -3.48. The third-order valence-electron chi connectivity index (χ3n) is 3.83. The molecule has 3 rings (SSSR count). The number of rotatable bonds is 6. The molecule has 1 heterocycles. The number of nitrogens with zero attached hydrogens (tertiary/aromatic N) is 2. The van der Waals surface area contributed by atoms with Crippen molar-refractivity contribution >= 4 is 23.1 Å². The number of aromatic nitrogens is 2. The van der Waals surface area contributed by atoms with Gasteiger partial charge in [-0.2, -0.15) is 5.10 Å². The zero-order valence-corrected chi connectivity index (χ0v) is 14.8. The van der Waals surface area contributed by atoms with E-state index in [1.807, 2.05) is 6.07 Å². The fourth-order valence-corrected chi connectivity index (χ4v) is 2.51. The lowest BCUT2D eigenvalue weighted by Gasteiger charge is -2.10. The van der Waals surface area contributed by atoms with Crippen molar-refractivity contribution < 1.29 is 9.18 Å². The molecule has 1 amide bonds. The standard InChI is InChI=1S/C20H19FN4O2/c1-2-19(26)23-16-7-3-5-14(11-16)13-25-20(27)10-9-18(24-25)22-17-8-4-6-15(21)12-17/h3-12H,2,13H2,1H3,(H,22,24)(H,23,26). The number of anilines is 3. The van der Waals surface area contributed by atoms with Gasteiger partial charge in [0.1, 0.15) is 5.82 Å². The highest BCUT2D eigenvalue weighted by molar-refractivity contribution is 5.90. The van der Waals surface area contributed by atoms with Crippen molar-refractivity contribution in [1.29, 1.82) is 0 Å². The van der Waals surface area contributed by atoms with Crippen molar-refractivity contribution in [2.45, 2.75) is 19.9 Å². The lowest BCUT2D eigenvalue weighted by molar-refractivity contribution is -0.115. The highest BCUT2D eigenvalue weighted by atomic mass is 19.1. The van der Waals surface area contributed by atoms with Crippen LogP contribution >= 0.6 is 0 Å². The van der Waals surface area contributed by atoms with Crippen LogP contribution in [0.25, 0.3) is 0 Å². The summed E-state index contributed by atoms with van der Waals surface area (Å²) in [6.07, 6.45) is 0.388. The van der Waals surface area contributed by atoms with Crippen molar-refractivity contribution in [2.75, 3.05) is 10.6 Å². The maximum atomic E-state index is 13.3. The number of hydrogen-bond donors (Lipinski definition) is 2. The van der Waals surface area contributed by atoms with Crippen molar-refractivity contribution in [3.8, 4) is 0 Å². The average molecular weight is 366 g/mol. The van der Waals surface area contributed by atoms with Gasteiger partial charge in [0.05, 0.1) is 6.54 Å². The first kappa shape index (κ1) is 18.3. The molecular formula is C20H19FN4O2. The first-order chi connectivity index (χ1) is 13.0. The average Bonchev–Trinajstić information content (AvgIpc) is 2.65. The summed E-state index contributed by atoms with van der Waals surface area (Å²) in [6.45, 7) is 2.02. The molecular weight excluding hydrogens is 347 g/mol. The number of halogens is 1. The van der Waals surface area contributed by atoms with Crippen molar-refractivity contribution in [3.63, 3.8) is 0 Å². The van der Waals surface area contributed by atoms with Crippen LogP contribution in [0.4, 0.5) is 21.6 Å². The van der Waals surface area contributed by atoms with Crippen LogP contribution in [0.15, 0.2) is 65.5 Å². The quantitative estimate of drug-likeness (QED) is 0.700. The molecule has 0 atom stereocenters. The molecule has 0 bridgehead atoms. The van der Waals surface area contributed by atoms with E-state index in [4.69, 9.17) is 0 Å². The van der Waals surface area contributed by atoms with Gasteiger partial charge in [-0.25, -0.2) is 9.07 Å². The SMILES string of the molecule is CCC(=O)Nc1cccc(Cn2nc(Nc3cccc(F)c3)ccc2=O)c1. The Morgan fingerprint density at radius 1 is 1.07 bits per heavy atom. The predicted octanol–water partition coefficient (Wildman–Crippen LogP) is 3.52. The molecule has 0 radical (unpaired) electrons. The van der Waals surface area contributed by atoms with Gasteiger partial charge in [-0.3, -0.25) is 9.59 Å². The lowest BCUT2D eigenvalue weighted by atomic mass is 10.2. The van der Waals surface area contributed by atoms with E-state index in [0.29, 0.717) is 23.6 Å². The first-order valence-electron chi connectivity index (χ1n) is 8.53. The van der Waals surface area contributed by atoms with Gasteiger partial charge >= 0.3 is 0 Å². The molecule has 2 aromatic carbocycles. The van der Waals surface area contributed by atoms with Gasteiger partial charge in [0.2, 0.25) is 5.91 Å². The van der Waals surface area contributed by atoms with E-state index in [1.165, 1.54) is 22.9 Å². The second-order valence-electron chi connectivity index (χ2n) is 5.95. The van der Waals surface area contributed by atoms with E-state index < -0.39 is 0 Å². The number of nitrogens with one attached hydrogen (secondary N) is 2.